The van der Waals surface area contributed by atoms with E-state index in [1.165, 1.54) is 0 Å². The Hall–Kier alpha value is -3.20. The molecule has 0 saturated carbocycles. The number of carbonyl (C=O) groups is 2. The lowest BCUT2D eigenvalue weighted by atomic mass is 9.99. The number of amides is 1. The van der Waals surface area contributed by atoms with E-state index in [0.717, 1.165) is 16.7 Å². The molecule has 0 aliphatic rings. The first-order chi connectivity index (χ1) is 12.5. The lowest BCUT2D eigenvalue weighted by Crippen LogP contribution is -2.15. The molecule has 0 bridgehead atoms. The van der Waals surface area contributed by atoms with Crippen molar-refractivity contribution >= 4 is 17.4 Å². The number of rotatable bonds is 4. The van der Waals surface area contributed by atoms with Gasteiger partial charge >= 0.3 is 0 Å². The minimum absolute atomic E-state index is 0.107. The summed E-state index contributed by atoms with van der Waals surface area (Å²) in [5.74, 6) is -0.330. The molecule has 0 radical (unpaired) electrons. The normalized spacial score (nSPS) is 10.4. The zero-order valence-corrected chi connectivity index (χ0v) is 15.2. The third-order valence-electron chi connectivity index (χ3n) is 4.47. The number of hydrogen-bond acceptors (Lipinski definition) is 2. The molecule has 130 valence electrons. The molecule has 0 spiro atoms. The van der Waals surface area contributed by atoms with Crippen molar-refractivity contribution in [3.63, 3.8) is 0 Å². The van der Waals surface area contributed by atoms with Crippen molar-refractivity contribution < 1.29 is 9.59 Å². The summed E-state index contributed by atoms with van der Waals surface area (Å²) in [6, 6.07) is 20.1. The Balaban J connectivity index is 1.94. The van der Waals surface area contributed by atoms with Crippen molar-refractivity contribution in [2.75, 3.05) is 5.32 Å². The fraction of sp³-hybridized carbons (Fsp3) is 0.130. The zero-order chi connectivity index (χ0) is 18.7. The van der Waals surface area contributed by atoms with Crippen LogP contribution in [-0.4, -0.2) is 11.7 Å². The van der Waals surface area contributed by atoms with Crippen LogP contribution >= 0.6 is 0 Å². The SMILES string of the molecule is Cc1ccc(NC(=O)c2ccc(C)c(C)c2)c(C(=O)c2ccccc2)c1. The maximum Gasteiger partial charge on any atom is 0.255 e. The van der Waals surface area contributed by atoms with Gasteiger partial charge in [-0.25, -0.2) is 0 Å². The summed E-state index contributed by atoms with van der Waals surface area (Å²) in [5, 5.41) is 2.89. The van der Waals surface area contributed by atoms with Gasteiger partial charge in [0.2, 0.25) is 0 Å². The van der Waals surface area contributed by atoms with Crippen molar-refractivity contribution in [2.24, 2.45) is 0 Å². The Bertz CT molecular complexity index is 975. The highest BCUT2D eigenvalue weighted by atomic mass is 16.1. The predicted molar refractivity (Wildman–Crippen MR) is 105 cm³/mol. The van der Waals surface area contributed by atoms with E-state index in [1.54, 1.807) is 24.3 Å². The molecule has 0 aliphatic carbocycles. The lowest BCUT2D eigenvalue weighted by Gasteiger charge is -2.12. The maximum absolute atomic E-state index is 12.9. The van der Waals surface area contributed by atoms with Crippen molar-refractivity contribution in [3.8, 4) is 0 Å². The number of aryl methyl sites for hydroxylation is 3. The number of hydrogen-bond donors (Lipinski definition) is 1. The van der Waals surface area contributed by atoms with Crippen molar-refractivity contribution in [2.45, 2.75) is 20.8 Å². The first-order valence-electron chi connectivity index (χ1n) is 8.54. The van der Waals surface area contributed by atoms with Gasteiger partial charge in [0, 0.05) is 16.7 Å². The second-order valence-electron chi connectivity index (χ2n) is 6.50. The molecule has 0 aromatic heterocycles. The maximum atomic E-state index is 12.9. The van der Waals surface area contributed by atoms with Crippen LogP contribution in [0.5, 0.6) is 0 Å². The van der Waals surface area contributed by atoms with Gasteiger partial charge in [-0.05, 0) is 56.2 Å². The highest BCUT2D eigenvalue weighted by molar-refractivity contribution is 6.15. The van der Waals surface area contributed by atoms with E-state index in [0.29, 0.717) is 22.4 Å². The Labute approximate surface area is 153 Å². The molecule has 0 aliphatic heterocycles. The standard InChI is InChI=1S/C23H21NO2/c1-15-9-12-21(20(13-15)22(25)18-7-5-4-6-8-18)24-23(26)19-11-10-16(2)17(3)14-19/h4-14H,1-3H3,(H,24,26). The van der Waals surface area contributed by atoms with Crippen LogP contribution in [0.1, 0.15) is 43.0 Å². The van der Waals surface area contributed by atoms with Gasteiger partial charge in [0.05, 0.1) is 5.69 Å². The van der Waals surface area contributed by atoms with Crippen LogP contribution in [0.2, 0.25) is 0 Å². The molecule has 3 rings (SSSR count). The van der Waals surface area contributed by atoms with E-state index in [1.807, 2.05) is 63.2 Å². The van der Waals surface area contributed by atoms with E-state index >= 15 is 0 Å². The molecule has 0 fully saturated rings. The average Bonchev–Trinajstić information content (AvgIpc) is 2.65. The van der Waals surface area contributed by atoms with Gasteiger partial charge in [0.1, 0.15) is 0 Å². The molecule has 1 amide bonds. The van der Waals surface area contributed by atoms with E-state index in [4.69, 9.17) is 0 Å². The van der Waals surface area contributed by atoms with Crippen LogP contribution in [0.15, 0.2) is 66.7 Å². The van der Waals surface area contributed by atoms with Gasteiger partial charge in [0.25, 0.3) is 5.91 Å². The third-order valence-corrected chi connectivity index (χ3v) is 4.47. The number of benzene rings is 3. The average molecular weight is 343 g/mol. The summed E-state index contributed by atoms with van der Waals surface area (Å²) in [6.45, 7) is 5.91. The first-order valence-corrected chi connectivity index (χ1v) is 8.54. The molecule has 3 heteroatoms. The minimum atomic E-state index is -0.223. The molecule has 26 heavy (non-hydrogen) atoms. The summed E-state index contributed by atoms with van der Waals surface area (Å²) in [4.78, 5) is 25.5. The third kappa shape index (κ3) is 3.72. The van der Waals surface area contributed by atoms with Crippen LogP contribution in [0.25, 0.3) is 0 Å². The molecule has 3 aromatic rings. The van der Waals surface area contributed by atoms with Crippen molar-refractivity contribution in [1.82, 2.24) is 0 Å². The molecule has 0 heterocycles. The zero-order valence-electron chi connectivity index (χ0n) is 15.2. The topological polar surface area (TPSA) is 46.2 Å². The highest BCUT2D eigenvalue weighted by Crippen LogP contribution is 2.22. The summed E-state index contributed by atoms with van der Waals surface area (Å²) in [7, 11) is 0. The molecule has 3 aromatic carbocycles. The van der Waals surface area contributed by atoms with Gasteiger partial charge in [-0.2, -0.15) is 0 Å². The number of anilines is 1. The minimum Gasteiger partial charge on any atom is -0.321 e. The van der Waals surface area contributed by atoms with Crippen molar-refractivity contribution in [1.29, 1.82) is 0 Å². The van der Waals surface area contributed by atoms with Crippen LogP contribution < -0.4 is 5.32 Å². The number of nitrogens with one attached hydrogen (secondary N) is 1. The summed E-state index contributed by atoms with van der Waals surface area (Å²) in [5.41, 5.74) is 5.35. The van der Waals surface area contributed by atoms with Gasteiger partial charge in [-0.3, -0.25) is 9.59 Å². The summed E-state index contributed by atoms with van der Waals surface area (Å²) >= 11 is 0. The van der Waals surface area contributed by atoms with Gasteiger partial charge in [-0.1, -0.05) is 48.0 Å². The second-order valence-corrected chi connectivity index (χ2v) is 6.50. The van der Waals surface area contributed by atoms with E-state index in [-0.39, 0.29) is 11.7 Å². The number of carbonyl (C=O) groups excluding carboxylic acids is 2. The number of ketones is 1. The van der Waals surface area contributed by atoms with E-state index in [9.17, 15) is 9.59 Å². The Morgan fingerprint density at radius 1 is 0.731 bits per heavy atom. The predicted octanol–water partition coefficient (Wildman–Crippen LogP) is 5.10. The summed E-state index contributed by atoms with van der Waals surface area (Å²) < 4.78 is 0. The molecule has 0 saturated heterocycles. The molecule has 1 N–H and O–H groups in total. The van der Waals surface area contributed by atoms with Gasteiger partial charge < -0.3 is 5.32 Å². The Morgan fingerprint density at radius 3 is 2.15 bits per heavy atom. The smallest absolute Gasteiger partial charge is 0.255 e. The first kappa shape index (κ1) is 17.6. The molecule has 0 unspecified atom stereocenters. The fourth-order valence-electron chi connectivity index (χ4n) is 2.78. The monoisotopic (exact) mass is 343 g/mol. The van der Waals surface area contributed by atoms with Crippen LogP contribution in [-0.2, 0) is 0 Å². The van der Waals surface area contributed by atoms with E-state index in [2.05, 4.69) is 5.32 Å². The molecular weight excluding hydrogens is 322 g/mol. The molecular formula is C23H21NO2. The van der Waals surface area contributed by atoms with Crippen LogP contribution in [0, 0.1) is 20.8 Å². The Morgan fingerprint density at radius 2 is 1.46 bits per heavy atom. The summed E-state index contributed by atoms with van der Waals surface area (Å²) in [6.07, 6.45) is 0. The van der Waals surface area contributed by atoms with Crippen molar-refractivity contribution in [3.05, 3.63) is 100 Å². The second kappa shape index (κ2) is 7.36. The van der Waals surface area contributed by atoms with Gasteiger partial charge in [-0.15, -0.1) is 0 Å². The molecule has 3 nitrogen and oxygen atoms in total. The molecule has 0 atom stereocenters. The largest absolute Gasteiger partial charge is 0.321 e. The Kier molecular flexibility index (Phi) is 4.99. The van der Waals surface area contributed by atoms with Crippen LogP contribution in [0.3, 0.4) is 0 Å². The fourth-order valence-corrected chi connectivity index (χ4v) is 2.78. The highest BCUT2D eigenvalue weighted by Gasteiger charge is 2.16. The van der Waals surface area contributed by atoms with Crippen LogP contribution in [0.4, 0.5) is 5.69 Å². The lowest BCUT2D eigenvalue weighted by molar-refractivity contribution is 0.102. The van der Waals surface area contributed by atoms with E-state index < -0.39 is 0 Å². The quantitative estimate of drug-likeness (QED) is 0.670. The van der Waals surface area contributed by atoms with Gasteiger partial charge in [0.15, 0.2) is 5.78 Å².